The molecule has 0 saturated carbocycles. The largest absolute Gasteiger partial charge is 0.361 e. The van der Waals surface area contributed by atoms with Crippen LogP contribution in [0.1, 0.15) is 62.5 Å². The van der Waals surface area contributed by atoms with Crippen LogP contribution < -0.4 is 5.32 Å². The molecular formula is C19H23N3O4S. The second-order valence-corrected chi connectivity index (χ2v) is 7.92. The van der Waals surface area contributed by atoms with Crippen LogP contribution in [0.25, 0.3) is 0 Å². The highest BCUT2D eigenvalue weighted by atomic mass is 32.1. The van der Waals surface area contributed by atoms with E-state index < -0.39 is 0 Å². The van der Waals surface area contributed by atoms with Crippen molar-refractivity contribution in [1.82, 2.24) is 15.4 Å². The lowest BCUT2D eigenvalue weighted by atomic mass is 10.1. The van der Waals surface area contributed by atoms with Gasteiger partial charge in [0.2, 0.25) is 5.91 Å². The normalized spacial score (nSPS) is 17.7. The Morgan fingerprint density at radius 2 is 2.04 bits per heavy atom. The van der Waals surface area contributed by atoms with Crippen LogP contribution in [0.5, 0.6) is 0 Å². The van der Waals surface area contributed by atoms with Crippen molar-refractivity contribution in [3.05, 3.63) is 38.9 Å². The number of ketones is 1. The number of amides is 2. The van der Waals surface area contributed by atoms with Crippen molar-refractivity contribution >= 4 is 28.9 Å². The number of carbonyl (C=O) groups excluding carboxylic acids is 3. The minimum atomic E-state index is -0.191. The minimum Gasteiger partial charge on any atom is -0.361 e. The zero-order valence-corrected chi connectivity index (χ0v) is 16.5. The average molecular weight is 389 g/mol. The van der Waals surface area contributed by atoms with Crippen LogP contribution >= 0.6 is 11.3 Å². The molecule has 0 aliphatic carbocycles. The predicted octanol–water partition coefficient (Wildman–Crippen LogP) is 2.87. The van der Waals surface area contributed by atoms with E-state index in [1.54, 1.807) is 17.0 Å². The Morgan fingerprint density at radius 1 is 1.30 bits per heavy atom. The molecule has 1 atom stereocenters. The number of aromatic nitrogens is 1. The zero-order valence-electron chi connectivity index (χ0n) is 15.7. The highest BCUT2D eigenvalue weighted by Crippen LogP contribution is 2.21. The first kappa shape index (κ1) is 19.3. The summed E-state index contributed by atoms with van der Waals surface area (Å²) in [4.78, 5) is 39.2. The number of nitrogens with one attached hydrogen (secondary N) is 1. The summed E-state index contributed by atoms with van der Waals surface area (Å²) in [5, 5.41) is 6.94. The lowest BCUT2D eigenvalue weighted by Gasteiger charge is -2.21. The van der Waals surface area contributed by atoms with Gasteiger partial charge in [0.1, 0.15) is 5.76 Å². The molecule has 144 valence electrons. The summed E-state index contributed by atoms with van der Waals surface area (Å²) >= 11 is 1.19. The Morgan fingerprint density at radius 3 is 2.67 bits per heavy atom. The van der Waals surface area contributed by atoms with E-state index in [4.69, 9.17) is 4.52 Å². The number of carbonyl (C=O) groups is 3. The monoisotopic (exact) mass is 389 g/mol. The quantitative estimate of drug-likeness (QED) is 0.794. The molecule has 1 N–H and O–H groups in total. The van der Waals surface area contributed by atoms with Gasteiger partial charge in [-0.2, -0.15) is 0 Å². The number of hydrogen-bond acceptors (Lipinski definition) is 6. The molecular weight excluding hydrogens is 366 g/mol. The van der Waals surface area contributed by atoms with Gasteiger partial charge in [-0.25, -0.2) is 0 Å². The molecule has 8 heteroatoms. The summed E-state index contributed by atoms with van der Waals surface area (Å²) in [7, 11) is 0. The highest BCUT2D eigenvalue weighted by molar-refractivity contribution is 7.15. The van der Waals surface area contributed by atoms with Crippen LogP contribution in [0.2, 0.25) is 0 Å². The maximum atomic E-state index is 12.5. The number of thiophene rings is 1. The fraction of sp³-hybridized carbons (Fsp3) is 0.474. The summed E-state index contributed by atoms with van der Waals surface area (Å²) in [6, 6.07) is 3.27. The SMILES string of the molecule is CC(=O)c1ccc(C(=O)NC2CCC(=O)N(Cc3c(C)noc3C)CC2)s1. The summed E-state index contributed by atoms with van der Waals surface area (Å²) < 4.78 is 5.18. The Labute approximate surface area is 161 Å². The third-order valence-electron chi connectivity index (χ3n) is 4.85. The van der Waals surface area contributed by atoms with Gasteiger partial charge in [-0.05, 0) is 45.7 Å². The Hall–Kier alpha value is -2.48. The van der Waals surface area contributed by atoms with Gasteiger partial charge in [-0.3, -0.25) is 14.4 Å². The standard InChI is InChI=1S/C19H23N3O4S/c1-11-15(13(3)26-21-11)10-22-9-8-14(4-7-18(22)24)20-19(25)17-6-5-16(27-17)12(2)23/h5-6,14H,4,7-10H2,1-3H3,(H,20,25). The van der Waals surface area contributed by atoms with Crippen LogP contribution in [0.3, 0.4) is 0 Å². The first-order chi connectivity index (χ1) is 12.8. The molecule has 0 spiro atoms. The van der Waals surface area contributed by atoms with Gasteiger partial charge in [0, 0.05) is 24.6 Å². The molecule has 0 aromatic carbocycles. The second kappa shape index (κ2) is 8.04. The van der Waals surface area contributed by atoms with Crippen molar-refractivity contribution in [1.29, 1.82) is 0 Å². The number of Topliss-reactive ketones (excluding diaryl/α,β-unsaturated/α-hetero) is 1. The van der Waals surface area contributed by atoms with E-state index in [0.29, 0.717) is 42.1 Å². The van der Waals surface area contributed by atoms with Crippen LogP contribution in [-0.4, -0.2) is 40.2 Å². The molecule has 7 nitrogen and oxygen atoms in total. The zero-order chi connectivity index (χ0) is 19.6. The molecule has 0 radical (unpaired) electrons. The van der Waals surface area contributed by atoms with E-state index >= 15 is 0 Å². The van der Waals surface area contributed by atoms with Crippen LogP contribution in [-0.2, 0) is 11.3 Å². The van der Waals surface area contributed by atoms with Crippen molar-refractivity contribution in [3.63, 3.8) is 0 Å². The molecule has 2 amide bonds. The van der Waals surface area contributed by atoms with Gasteiger partial charge in [0.25, 0.3) is 5.91 Å². The number of likely N-dealkylation sites (tertiary alicyclic amines) is 1. The van der Waals surface area contributed by atoms with Gasteiger partial charge in [0.15, 0.2) is 5.78 Å². The number of aryl methyl sites for hydroxylation is 2. The van der Waals surface area contributed by atoms with Crippen molar-refractivity contribution < 1.29 is 18.9 Å². The summed E-state index contributed by atoms with van der Waals surface area (Å²) in [5.41, 5.74) is 1.74. The first-order valence-corrected chi connectivity index (χ1v) is 9.78. The molecule has 1 fully saturated rings. The molecule has 3 rings (SSSR count). The summed E-state index contributed by atoms with van der Waals surface area (Å²) in [6.07, 6.45) is 1.68. The maximum Gasteiger partial charge on any atom is 0.261 e. The number of rotatable bonds is 5. The van der Waals surface area contributed by atoms with Crippen LogP contribution in [0.15, 0.2) is 16.7 Å². The molecule has 2 aromatic heterocycles. The van der Waals surface area contributed by atoms with E-state index in [9.17, 15) is 14.4 Å². The van der Waals surface area contributed by atoms with Gasteiger partial charge in [-0.15, -0.1) is 11.3 Å². The molecule has 1 unspecified atom stereocenters. The molecule has 0 bridgehead atoms. The molecule has 1 aliphatic rings. The Bertz CT molecular complexity index is 851. The van der Waals surface area contributed by atoms with E-state index in [-0.39, 0.29) is 23.6 Å². The van der Waals surface area contributed by atoms with Crippen molar-refractivity contribution in [3.8, 4) is 0 Å². The Kier molecular flexibility index (Phi) is 5.74. The second-order valence-electron chi connectivity index (χ2n) is 6.84. The maximum absolute atomic E-state index is 12.5. The van der Waals surface area contributed by atoms with E-state index in [1.807, 2.05) is 13.8 Å². The fourth-order valence-electron chi connectivity index (χ4n) is 3.17. The van der Waals surface area contributed by atoms with Gasteiger partial charge >= 0.3 is 0 Å². The Balaban J connectivity index is 1.60. The molecule has 1 saturated heterocycles. The van der Waals surface area contributed by atoms with Gasteiger partial charge in [-0.1, -0.05) is 5.16 Å². The predicted molar refractivity (Wildman–Crippen MR) is 101 cm³/mol. The lowest BCUT2D eigenvalue weighted by Crippen LogP contribution is -2.35. The minimum absolute atomic E-state index is 0.0471. The third kappa shape index (κ3) is 4.44. The van der Waals surface area contributed by atoms with Crippen LogP contribution in [0, 0.1) is 13.8 Å². The average Bonchev–Trinajstić information content (AvgIpc) is 3.20. The van der Waals surface area contributed by atoms with Gasteiger partial charge < -0.3 is 14.7 Å². The molecule has 1 aliphatic heterocycles. The topological polar surface area (TPSA) is 92.5 Å². The van der Waals surface area contributed by atoms with E-state index in [0.717, 1.165) is 17.0 Å². The summed E-state index contributed by atoms with van der Waals surface area (Å²) in [5.74, 6) is 0.563. The summed E-state index contributed by atoms with van der Waals surface area (Å²) in [6.45, 7) is 6.24. The highest BCUT2D eigenvalue weighted by Gasteiger charge is 2.26. The van der Waals surface area contributed by atoms with E-state index in [1.165, 1.54) is 18.3 Å². The van der Waals surface area contributed by atoms with Gasteiger partial charge in [0.05, 0.1) is 22.0 Å². The molecule has 3 heterocycles. The fourth-order valence-corrected chi connectivity index (χ4v) is 3.98. The molecule has 2 aromatic rings. The van der Waals surface area contributed by atoms with Crippen molar-refractivity contribution in [2.24, 2.45) is 0 Å². The van der Waals surface area contributed by atoms with Crippen molar-refractivity contribution in [2.75, 3.05) is 6.54 Å². The first-order valence-electron chi connectivity index (χ1n) is 8.96. The number of nitrogens with zero attached hydrogens (tertiary/aromatic N) is 2. The smallest absolute Gasteiger partial charge is 0.261 e. The lowest BCUT2D eigenvalue weighted by molar-refractivity contribution is -0.131. The molecule has 27 heavy (non-hydrogen) atoms. The van der Waals surface area contributed by atoms with Crippen LogP contribution in [0.4, 0.5) is 0 Å². The van der Waals surface area contributed by atoms with E-state index in [2.05, 4.69) is 10.5 Å². The number of hydrogen-bond donors (Lipinski definition) is 1. The van der Waals surface area contributed by atoms with Crippen molar-refractivity contribution in [2.45, 2.75) is 52.6 Å². The third-order valence-corrected chi connectivity index (χ3v) is 6.03.